The Morgan fingerprint density at radius 1 is 1.33 bits per heavy atom. The van der Waals surface area contributed by atoms with Gasteiger partial charge in [0.05, 0.1) is 5.92 Å². The van der Waals surface area contributed by atoms with Gasteiger partial charge in [-0.15, -0.1) is 0 Å². The van der Waals surface area contributed by atoms with Crippen LogP contribution >= 0.6 is 0 Å². The van der Waals surface area contributed by atoms with Gasteiger partial charge in [-0.2, -0.15) is 0 Å². The van der Waals surface area contributed by atoms with Gasteiger partial charge in [-0.1, -0.05) is 43.2 Å². The molecule has 15 heavy (non-hydrogen) atoms. The minimum atomic E-state index is -0.693. The molecule has 1 aromatic carbocycles. The Kier molecular flexibility index (Phi) is 3.05. The van der Waals surface area contributed by atoms with Gasteiger partial charge >= 0.3 is 5.97 Å². The van der Waals surface area contributed by atoms with Crippen molar-refractivity contribution in [3.05, 3.63) is 35.9 Å². The summed E-state index contributed by atoms with van der Waals surface area (Å²) in [5, 5.41) is 9.16. The molecular formula is C13H16O2. The van der Waals surface area contributed by atoms with Crippen molar-refractivity contribution in [3.63, 3.8) is 0 Å². The highest BCUT2D eigenvalue weighted by molar-refractivity contribution is 5.75. The highest BCUT2D eigenvalue weighted by Crippen LogP contribution is 2.36. The lowest BCUT2D eigenvalue weighted by atomic mass is 9.93. The summed E-state index contributed by atoms with van der Waals surface area (Å²) in [5.74, 6) is -0.204. The van der Waals surface area contributed by atoms with Crippen molar-refractivity contribution in [3.8, 4) is 0 Å². The summed E-state index contributed by atoms with van der Waals surface area (Å²) in [6.45, 7) is 0. The highest BCUT2D eigenvalue weighted by Gasteiger charge is 2.25. The first-order valence-electron chi connectivity index (χ1n) is 5.55. The van der Waals surface area contributed by atoms with Gasteiger partial charge in [0.1, 0.15) is 0 Å². The molecule has 1 atom stereocenters. The third-order valence-electron chi connectivity index (χ3n) is 3.06. The normalized spacial score (nSPS) is 17.3. The quantitative estimate of drug-likeness (QED) is 0.800. The standard InChI is InChI=1S/C13H16O2/c14-13(15)12(9-8-10-6-7-10)11-4-2-1-3-5-11/h1-5,10,12H,6-9H2,(H,14,15). The van der Waals surface area contributed by atoms with Gasteiger partial charge in [0.2, 0.25) is 0 Å². The van der Waals surface area contributed by atoms with E-state index in [1.54, 1.807) is 0 Å². The SMILES string of the molecule is O=C(O)C(CCC1CC1)c1ccccc1. The van der Waals surface area contributed by atoms with Crippen molar-refractivity contribution < 1.29 is 9.90 Å². The molecule has 1 aliphatic rings. The van der Waals surface area contributed by atoms with E-state index in [-0.39, 0.29) is 5.92 Å². The lowest BCUT2D eigenvalue weighted by Gasteiger charge is -2.11. The molecular weight excluding hydrogens is 188 g/mol. The van der Waals surface area contributed by atoms with Gasteiger partial charge < -0.3 is 5.11 Å². The molecule has 80 valence electrons. The second-order valence-electron chi connectivity index (χ2n) is 4.32. The van der Waals surface area contributed by atoms with Crippen molar-refractivity contribution in [1.82, 2.24) is 0 Å². The molecule has 2 heteroatoms. The van der Waals surface area contributed by atoms with E-state index >= 15 is 0 Å². The predicted molar refractivity (Wildman–Crippen MR) is 58.8 cm³/mol. The van der Waals surface area contributed by atoms with E-state index < -0.39 is 5.97 Å². The second-order valence-corrected chi connectivity index (χ2v) is 4.32. The number of benzene rings is 1. The zero-order chi connectivity index (χ0) is 10.7. The van der Waals surface area contributed by atoms with Crippen LogP contribution in [0.25, 0.3) is 0 Å². The van der Waals surface area contributed by atoms with Crippen molar-refractivity contribution in [2.24, 2.45) is 5.92 Å². The van der Waals surface area contributed by atoms with Crippen molar-refractivity contribution in [2.45, 2.75) is 31.6 Å². The van der Waals surface area contributed by atoms with E-state index in [1.807, 2.05) is 30.3 Å². The van der Waals surface area contributed by atoms with Crippen LogP contribution < -0.4 is 0 Å². The third-order valence-corrected chi connectivity index (χ3v) is 3.06. The minimum absolute atomic E-state index is 0.313. The van der Waals surface area contributed by atoms with E-state index in [0.29, 0.717) is 0 Å². The summed E-state index contributed by atoms with van der Waals surface area (Å²) in [6.07, 6.45) is 4.43. The van der Waals surface area contributed by atoms with Gasteiger partial charge in [-0.3, -0.25) is 4.79 Å². The first kappa shape index (κ1) is 10.2. The molecule has 0 amide bonds. The molecule has 2 nitrogen and oxygen atoms in total. The summed E-state index contributed by atoms with van der Waals surface area (Å²) in [4.78, 5) is 11.1. The van der Waals surface area contributed by atoms with Gasteiger partial charge in [0.25, 0.3) is 0 Å². The Labute approximate surface area is 89.9 Å². The average molecular weight is 204 g/mol. The topological polar surface area (TPSA) is 37.3 Å². The fraction of sp³-hybridized carbons (Fsp3) is 0.462. The van der Waals surface area contributed by atoms with Crippen LogP contribution in [0.2, 0.25) is 0 Å². The average Bonchev–Trinajstić information content (AvgIpc) is 3.03. The number of hydrogen-bond acceptors (Lipinski definition) is 1. The van der Waals surface area contributed by atoms with Crippen LogP contribution in [0.4, 0.5) is 0 Å². The lowest BCUT2D eigenvalue weighted by Crippen LogP contribution is -2.11. The van der Waals surface area contributed by atoms with E-state index in [1.165, 1.54) is 12.8 Å². The van der Waals surface area contributed by atoms with E-state index in [0.717, 1.165) is 24.3 Å². The zero-order valence-corrected chi connectivity index (χ0v) is 8.73. The molecule has 0 spiro atoms. The number of hydrogen-bond donors (Lipinski definition) is 1. The Morgan fingerprint density at radius 3 is 2.53 bits per heavy atom. The smallest absolute Gasteiger partial charge is 0.310 e. The lowest BCUT2D eigenvalue weighted by molar-refractivity contribution is -0.139. The molecule has 0 radical (unpaired) electrons. The number of aliphatic carboxylic acids is 1. The largest absolute Gasteiger partial charge is 0.481 e. The van der Waals surface area contributed by atoms with Crippen LogP contribution in [0, 0.1) is 5.92 Å². The van der Waals surface area contributed by atoms with Crippen molar-refractivity contribution in [2.75, 3.05) is 0 Å². The molecule has 1 N–H and O–H groups in total. The summed E-state index contributed by atoms with van der Waals surface area (Å²) in [5.41, 5.74) is 0.936. The maximum absolute atomic E-state index is 11.1. The van der Waals surface area contributed by atoms with Crippen molar-refractivity contribution >= 4 is 5.97 Å². The molecule has 1 aliphatic carbocycles. The number of carboxylic acids is 1. The fourth-order valence-corrected chi connectivity index (χ4v) is 1.93. The van der Waals surface area contributed by atoms with Crippen LogP contribution in [-0.4, -0.2) is 11.1 Å². The zero-order valence-electron chi connectivity index (χ0n) is 8.73. The van der Waals surface area contributed by atoms with Gasteiger partial charge in [-0.05, 0) is 24.3 Å². The molecule has 1 unspecified atom stereocenters. The van der Waals surface area contributed by atoms with E-state index in [9.17, 15) is 4.79 Å². The van der Waals surface area contributed by atoms with Crippen LogP contribution in [0.1, 0.15) is 37.2 Å². The van der Waals surface area contributed by atoms with Gasteiger partial charge in [0, 0.05) is 0 Å². The molecule has 2 rings (SSSR count). The van der Waals surface area contributed by atoms with Crippen LogP contribution in [-0.2, 0) is 4.79 Å². The monoisotopic (exact) mass is 204 g/mol. The van der Waals surface area contributed by atoms with Crippen LogP contribution in [0.3, 0.4) is 0 Å². The van der Waals surface area contributed by atoms with Gasteiger partial charge in [0.15, 0.2) is 0 Å². The second kappa shape index (κ2) is 4.47. The molecule has 0 aromatic heterocycles. The Balaban J connectivity index is 2.01. The molecule has 0 saturated heterocycles. The van der Waals surface area contributed by atoms with Gasteiger partial charge in [-0.25, -0.2) is 0 Å². The summed E-state index contributed by atoms with van der Waals surface area (Å²) < 4.78 is 0. The van der Waals surface area contributed by atoms with E-state index in [2.05, 4.69) is 0 Å². The van der Waals surface area contributed by atoms with E-state index in [4.69, 9.17) is 5.11 Å². The number of carbonyl (C=O) groups is 1. The molecule has 0 aliphatic heterocycles. The molecule has 1 aromatic rings. The molecule has 1 fully saturated rings. The third kappa shape index (κ3) is 2.82. The summed E-state index contributed by atoms with van der Waals surface area (Å²) in [6, 6.07) is 9.55. The molecule has 1 saturated carbocycles. The predicted octanol–water partition coefficient (Wildman–Crippen LogP) is 3.05. The summed E-state index contributed by atoms with van der Waals surface area (Å²) in [7, 11) is 0. The Morgan fingerprint density at radius 2 is 2.00 bits per heavy atom. The van der Waals surface area contributed by atoms with Crippen LogP contribution in [0.15, 0.2) is 30.3 Å². The first-order chi connectivity index (χ1) is 7.27. The Bertz CT molecular complexity index is 328. The molecule has 0 heterocycles. The molecule has 0 bridgehead atoms. The number of carboxylic acid groups (broad SMARTS) is 1. The highest BCUT2D eigenvalue weighted by atomic mass is 16.4. The number of rotatable bonds is 5. The maximum atomic E-state index is 11.1. The first-order valence-corrected chi connectivity index (χ1v) is 5.55. The summed E-state index contributed by atoms with van der Waals surface area (Å²) >= 11 is 0. The Hall–Kier alpha value is -1.31. The fourth-order valence-electron chi connectivity index (χ4n) is 1.93. The van der Waals surface area contributed by atoms with Crippen molar-refractivity contribution in [1.29, 1.82) is 0 Å². The maximum Gasteiger partial charge on any atom is 0.310 e. The minimum Gasteiger partial charge on any atom is -0.481 e. The van der Waals surface area contributed by atoms with Crippen LogP contribution in [0.5, 0.6) is 0 Å².